The quantitative estimate of drug-likeness (QED) is 0.699. The van der Waals surface area contributed by atoms with Crippen LogP contribution in [-0.2, 0) is 6.18 Å². The van der Waals surface area contributed by atoms with Crippen molar-refractivity contribution in [3.63, 3.8) is 0 Å². The average Bonchev–Trinajstić information content (AvgIpc) is 2.98. The summed E-state index contributed by atoms with van der Waals surface area (Å²) in [5.74, 6) is 0.540. The second-order valence-electron chi connectivity index (χ2n) is 10.5. The molecule has 0 aliphatic heterocycles. The van der Waals surface area contributed by atoms with Crippen molar-refractivity contribution >= 4 is 16.9 Å². The van der Waals surface area contributed by atoms with Crippen LogP contribution < -0.4 is 5.32 Å². The summed E-state index contributed by atoms with van der Waals surface area (Å²) in [5.41, 5.74) is -0.322. The summed E-state index contributed by atoms with van der Waals surface area (Å²) in [6, 6.07) is 2.15. The third-order valence-corrected chi connectivity index (χ3v) is 7.79. The normalized spacial score (nSPS) is 29.3. The molecule has 2 bridgehead atoms. The summed E-state index contributed by atoms with van der Waals surface area (Å²) in [6.07, 6.45) is -2.53. The number of carbonyl (C=O) groups excluding carboxylic acids is 1. The van der Waals surface area contributed by atoms with Crippen molar-refractivity contribution in [3.05, 3.63) is 29.6 Å². The van der Waals surface area contributed by atoms with Gasteiger partial charge in [0.25, 0.3) is 5.91 Å². The summed E-state index contributed by atoms with van der Waals surface area (Å²) >= 11 is 0. The molecule has 0 spiro atoms. The van der Waals surface area contributed by atoms with E-state index in [0.29, 0.717) is 11.8 Å². The van der Waals surface area contributed by atoms with Gasteiger partial charge in [-0.3, -0.25) is 4.79 Å². The molecule has 2 N–H and O–H groups in total. The maximum absolute atomic E-state index is 13.3. The smallest absolute Gasteiger partial charge is 0.347 e. The molecule has 158 valence electrons. The zero-order valence-corrected chi connectivity index (χ0v) is 17.7. The molecule has 0 radical (unpaired) electrons. The lowest BCUT2D eigenvalue weighted by Crippen LogP contribution is -2.73. The van der Waals surface area contributed by atoms with E-state index < -0.39 is 11.7 Å². The van der Waals surface area contributed by atoms with Gasteiger partial charge in [-0.25, -0.2) is 4.98 Å². The molecule has 3 fully saturated rings. The highest BCUT2D eigenvalue weighted by molar-refractivity contribution is 5.98. The highest BCUT2D eigenvalue weighted by Crippen LogP contribution is 2.74. The van der Waals surface area contributed by atoms with Gasteiger partial charge < -0.3 is 10.3 Å². The molecule has 4 nitrogen and oxygen atoms in total. The van der Waals surface area contributed by atoms with Crippen molar-refractivity contribution in [1.29, 1.82) is 0 Å². The summed E-state index contributed by atoms with van der Waals surface area (Å²) in [7, 11) is 0. The molecule has 3 aliphatic carbocycles. The Kier molecular flexibility index (Phi) is 4.02. The summed E-state index contributed by atoms with van der Waals surface area (Å²) in [4.78, 5) is 19.6. The second-order valence-corrected chi connectivity index (χ2v) is 10.5. The molecular formula is C22H28F3N3O. The van der Waals surface area contributed by atoms with E-state index in [1.807, 2.05) is 0 Å². The van der Waals surface area contributed by atoms with Gasteiger partial charge >= 0.3 is 6.18 Å². The number of alkyl halides is 3. The molecule has 0 aromatic carbocycles. The van der Waals surface area contributed by atoms with Crippen LogP contribution in [0.3, 0.4) is 0 Å². The Hall–Kier alpha value is -2.05. The monoisotopic (exact) mass is 407 g/mol. The van der Waals surface area contributed by atoms with Gasteiger partial charge in [0.1, 0.15) is 11.3 Å². The summed E-state index contributed by atoms with van der Waals surface area (Å²) in [6.45, 7) is 13.6. The fraction of sp³-hybridized carbons (Fsp3) is 0.636. The standard InChI is InChI=1S/C22H28F3N3O/c1-19(2)14-10-15(21(5,6)18(19)20(14,3)4)28-17(29)13-9-11-12(22(23,24)25)7-8-26-16(11)27-13/h7-9,14-15,18H,10H2,1-6H3,(H,26,27)(H,28,29)/t14?,15-,18?/m0/s1. The van der Waals surface area contributed by atoms with Gasteiger partial charge in [0, 0.05) is 17.6 Å². The van der Waals surface area contributed by atoms with Crippen molar-refractivity contribution < 1.29 is 18.0 Å². The van der Waals surface area contributed by atoms with Crippen molar-refractivity contribution in [3.8, 4) is 0 Å². The topological polar surface area (TPSA) is 57.8 Å². The number of aromatic amines is 1. The predicted molar refractivity (Wildman–Crippen MR) is 105 cm³/mol. The lowest BCUT2D eigenvalue weighted by molar-refractivity contribution is -0.260. The fourth-order valence-corrected chi connectivity index (χ4v) is 7.37. The molecule has 2 heterocycles. The fourth-order valence-electron chi connectivity index (χ4n) is 7.37. The SMILES string of the molecule is CC1(C)C2C[C@H](NC(=O)c3cc4c(C(F)(F)F)ccnc4[nH]3)C(C)(C)C1C2(C)C. The van der Waals surface area contributed by atoms with Crippen molar-refractivity contribution in [2.75, 3.05) is 0 Å². The minimum atomic E-state index is -4.50. The van der Waals surface area contributed by atoms with Crippen LogP contribution in [0.25, 0.3) is 11.0 Å². The maximum atomic E-state index is 13.3. The van der Waals surface area contributed by atoms with E-state index in [2.05, 4.69) is 56.8 Å². The summed E-state index contributed by atoms with van der Waals surface area (Å²) < 4.78 is 39.8. The van der Waals surface area contributed by atoms with Crippen LogP contribution >= 0.6 is 0 Å². The number of nitrogens with one attached hydrogen (secondary N) is 2. The van der Waals surface area contributed by atoms with Gasteiger partial charge in [0.2, 0.25) is 0 Å². The van der Waals surface area contributed by atoms with E-state index in [9.17, 15) is 18.0 Å². The number of amides is 1. The molecule has 1 amide bonds. The first kappa shape index (κ1) is 20.2. The first-order valence-corrected chi connectivity index (χ1v) is 10.0. The van der Waals surface area contributed by atoms with Crippen LogP contribution in [0.2, 0.25) is 0 Å². The minimum absolute atomic E-state index is 0.0347. The molecular weight excluding hydrogens is 379 g/mol. The average molecular weight is 407 g/mol. The predicted octanol–water partition coefficient (Wildman–Crippen LogP) is 5.41. The zero-order chi connectivity index (χ0) is 21.6. The number of fused-ring (bicyclic) bond motifs is 3. The van der Waals surface area contributed by atoms with Gasteiger partial charge in [-0.2, -0.15) is 13.2 Å². The first-order chi connectivity index (χ1) is 13.2. The van der Waals surface area contributed by atoms with Crippen LogP contribution in [0, 0.1) is 28.1 Å². The van der Waals surface area contributed by atoms with Crippen molar-refractivity contribution in [2.24, 2.45) is 28.1 Å². The number of halogens is 3. The number of carbonyl (C=O) groups is 1. The van der Waals surface area contributed by atoms with Crippen molar-refractivity contribution in [1.82, 2.24) is 15.3 Å². The Bertz CT molecular complexity index is 971. The van der Waals surface area contributed by atoms with Crippen molar-refractivity contribution in [2.45, 2.75) is 60.2 Å². The maximum Gasteiger partial charge on any atom is 0.417 e. The summed E-state index contributed by atoms with van der Waals surface area (Å²) in [5, 5.41) is 3.02. The second kappa shape index (κ2) is 5.76. The molecule has 2 aromatic rings. The number of nitrogens with zero attached hydrogens (tertiary/aromatic N) is 1. The molecule has 1 atom stereocenters. The van der Waals surface area contributed by atoms with Crippen LogP contribution in [0.15, 0.2) is 18.3 Å². The van der Waals surface area contributed by atoms with Gasteiger partial charge in [-0.15, -0.1) is 0 Å². The van der Waals surface area contributed by atoms with Gasteiger partial charge in [0.15, 0.2) is 0 Å². The number of H-pyrrole nitrogens is 1. The van der Waals surface area contributed by atoms with E-state index in [-0.39, 0.29) is 44.9 Å². The van der Waals surface area contributed by atoms with E-state index in [0.717, 1.165) is 18.7 Å². The number of hydrogen-bond donors (Lipinski definition) is 2. The Morgan fingerprint density at radius 2 is 1.76 bits per heavy atom. The van der Waals surface area contributed by atoms with Crippen LogP contribution in [0.1, 0.15) is 64.0 Å². The zero-order valence-electron chi connectivity index (χ0n) is 17.7. The van der Waals surface area contributed by atoms with Crippen LogP contribution in [-0.4, -0.2) is 21.9 Å². The molecule has 5 rings (SSSR count). The van der Waals surface area contributed by atoms with Gasteiger partial charge in [-0.1, -0.05) is 41.5 Å². The van der Waals surface area contributed by atoms with Crippen LogP contribution in [0.5, 0.6) is 0 Å². The number of rotatable bonds is 2. The number of aromatic nitrogens is 2. The lowest BCUT2D eigenvalue weighted by atomic mass is 9.30. The van der Waals surface area contributed by atoms with E-state index in [1.165, 1.54) is 6.07 Å². The molecule has 3 aliphatic rings. The Labute approximate surface area is 168 Å². The number of hydrogen-bond acceptors (Lipinski definition) is 2. The Morgan fingerprint density at radius 1 is 1.14 bits per heavy atom. The van der Waals surface area contributed by atoms with Gasteiger partial charge in [-0.05, 0) is 46.6 Å². The Morgan fingerprint density at radius 3 is 2.31 bits per heavy atom. The highest BCUT2D eigenvalue weighted by Gasteiger charge is 2.70. The van der Waals surface area contributed by atoms with Crippen LogP contribution in [0.4, 0.5) is 13.2 Å². The first-order valence-electron chi connectivity index (χ1n) is 10.0. The largest absolute Gasteiger partial charge is 0.417 e. The van der Waals surface area contributed by atoms with E-state index in [4.69, 9.17) is 0 Å². The molecule has 0 saturated heterocycles. The Balaban J connectivity index is 1.61. The van der Waals surface area contributed by atoms with E-state index in [1.54, 1.807) is 0 Å². The third-order valence-electron chi connectivity index (χ3n) is 7.79. The molecule has 7 heteroatoms. The lowest BCUT2D eigenvalue weighted by Gasteiger charge is -2.75. The molecule has 2 aromatic heterocycles. The molecule has 3 saturated carbocycles. The van der Waals surface area contributed by atoms with E-state index >= 15 is 0 Å². The van der Waals surface area contributed by atoms with Gasteiger partial charge in [0.05, 0.1) is 5.56 Å². The third kappa shape index (κ3) is 2.72. The molecule has 0 unspecified atom stereocenters. The molecule has 29 heavy (non-hydrogen) atoms. The minimum Gasteiger partial charge on any atom is -0.347 e. The number of pyridine rings is 1. The highest BCUT2D eigenvalue weighted by atomic mass is 19.4.